The summed E-state index contributed by atoms with van der Waals surface area (Å²) in [7, 11) is 1.55. The van der Waals surface area contributed by atoms with Gasteiger partial charge in [0, 0.05) is 50.6 Å². The number of hydrogen-bond acceptors (Lipinski definition) is 5. The van der Waals surface area contributed by atoms with E-state index in [9.17, 15) is 19.2 Å². The molecule has 178 valence electrons. The molecular formula is C24H32N4O5. The maximum atomic E-state index is 13.2. The lowest BCUT2D eigenvalue weighted by molar-refractivity contribution is -0.152. The van der Waals surface area contributed by atoms with Crippen LogP contribution < -0.4 is 5.32 Å². The van der Waals surface area contributed by atoms with Gasteiger partial charge in [-0.2, -0.15) is 0 Å². The first-order chi connectivity index (χ1) is 15.8. The van der Waals surface area contributed by atoms with Crippen LogP contribution in [0.2, 0.25) is 0 Å². The molecule has 9 nitrogen and oxygen atoms in total. The molecule has 3 amide bonds. The van der Waals surface area contributed by atoms with Crippen LogP contribution in [-0.4, -0.2) is 77.8 Å². The van der Waals surface area contributed by atoms with E-state index < -0.39 is 6.04 Å². The largest absolute Gasteiger partial charge is 0.466 e. The fraction of sp³-hybridized carbons (Fsp3) is 0.500. The monoisotopic (exact) mass is 456 g/mol. The van der Waals surface area contributed by atoms with E-state index in [1.54, 1.807) is 18.9 Å². The number of rotatable bonds is 8. The Balaban J connectivity index is 1.65. The van der Waals surface area contributed by atoms with Crippen molar-refractivity contribution in [2.24, 2.45) is 5.92 Å². The number of para-hydroxylation sites is 1. The Kier molecular flexibility index (Phi) is 8.08. The molecule has 0 saturated carbocycles. The molecule has 2 aromatic rings. The van der Waals surface area contributed by atoms with Gasteiger partial charge in [-0.15, -0.1) is 0 Å². The maximum Gasteiger partial charge on any atom is 0.310 e. The SMILES string of the molecule is CCOC(=O)C1CCCN(C(=O)CN(C)C(=O)C(Cc2c[nH]c3ccccc23)NC(C)=O)C1. The molecule has 0 radical (unpaired) electrons. The van der Waals surface area contributed by atoms with Gasteiger partial charge in [-0.1, -0.05) is 18.2 Å². The number of hydrogen-bond donors (Lipinski definition) is 2. The summed E-state index contributed by atoms with van der Waals surface area (Å²) in [6.07, 6.45) is 3.53. The fourth-order valence-corrected chi connectivity index (χ4v) is 4.27. The van der Waals surface area contributed by atoms with Crippen LogP contribution in [0.15, 0.2) is 30.5 Å². The summed E-state index contributed by atoms with van der Waals surface area (Å²) < 4.78 is 5.09. The third-order valence-corrected chi connectivity index (χ3v) is 5.92. The number of carbonyl (C=O) groups is 4. The quantitative estimate of drug-likeness (QED) is 0.585. The van der Waals surface area contributed by atoms with Crippen LogP contribution in [-0.2, 0) is 30.3 Å². The summed E-state index contributed by atoms with van der Waals surface area (Å²) in [5.41, 5.74) is 1.86. The molecule has 33 heavy (non-hydrogen) atoms. The van der Waals surface area contributed by atoms with Crippen LogP contribution in [0.1, 0.15) is 32.3 Å². The van der Waals surface area contributed by atoms with Gasteiger partial charge in [-0.25, -0.2) is 0 Å². The number of nitrogens with zero attached hydrogens (tertiary/aromatic N) is 2. The Hall–Kier alpha value is -3.36. The summed E-state index contributed by atoms with van der Waals surface area (Å²) in [4.78, 5) is 56.0. The van der Waals surface area contributed by atoms with Crippen molar-refractivity contribution in [1.29, 1.82) is 0 Å². The first-order valence-corrected chi connectivity index (χ1v) is 11.3. The lowest BCUT2D eigenvalue weighted by Gasteiger charge is -2.33. The van der Waals surface area contributed by atoms with Gasteiger partial charge in [0.2, 0.25) is 17.7 Å². The van der Waals surface area contributed by atoms with Crippen molar-refractivity contribution in [2.45, 2.75) is 39.2 Å². The lowest BCUT2D eigenvalue weighted by atomic mass is 9.98. The predicted octanol–water partition coefficient (Wildman–Crippen LogP) is 1.48. The topological polar surface area (TPSA) is 112 Å². The summed E-state index contributed by atoms with van der Waals surface area (Å²) in [6.45, 7) is 4.14. The highest BCUT2D eigenvalue weighted by Gasteiger charge is 2.31. The molecule has 1 aromatic heterocycles. The molecule has 9 heteroatoms. The highest BCUT2D eigenvalue weighted by atomic mass is 16.5. The van der Waals surface area contributed by atoms with Crippen LogP contribution in [0, 0.1) is 5.92 Å². The van der Waals surface area contributed by atoms with E-state index >= 15 is 0 Å². The Morgan fingerprint density at radius 2 is 2.03 bits per heavy atom. The third-order valence-electron chi connectivity index (χ3n) is 5.92. The van der Waals surface area contributed by atoms with Crippen LogP contribution in [0.5, 0.6) is 0 Å². The van der Waals surface area contributed by atoms with Gasteiger partial charge >= 0.3 is 5.97 Å². The number of amides is 3. The zero-order valence-corrected chi connectivity index (χ0v) is 19.4. The van der Waals surface area contributed by atoms with Crippen molar-refractivity contribution in [3.63, 3.8) is 0 Å². The highest BCUT2D eigenvalue weighted by molar-refractivity contribution is 5.91. The molecule has 3 rings (SSSR count). The standard InChI is InChI=1S/C24H32N4O5/c1-4-33-24(32)17-8-7-11-28(14-17)22(30)15-27(3)23(31)21(26-16(2)29)12-18-13-25-20-10-6-5-9-19(18)20/h5-6,9-10,13,17,21,25H,4,7-8,11-12,14-15H2,1-3H3,(H,26,29). The zero-order chi connectivity index (χ0) is 24.0. The second-order valence-corrected chi connectivity index (χ2v) is 8.44. The van der Waals surface area contributed by atoms with Gasteiger partial charge in [0.25, 0.3) is 0 Å². The van der Waals surface area contributed by atoms with Crippen molar-refractivity contribution in [1.82, 2.24) is 20.1 Å². The number of nitrogens with one attached hydrogen (secondary N) is 2. The molecule has 0 spiro atoms. The van der Waals surface area contributed by atoms with Gasteiger partial charge in [-0.3, -0.25) is 19.2 Å². The molecule has 2 N–H and O–H groups in total. The van der Waals surface area contributed by atoms with Crippen LogP contribution in [0.4, 0.5) is 0 Å². The van der Waals surface area contributed by atoms with Gasteiger partial charge < -0.3 is 24.8 Å². The third kappa shape index (κ3) is 6.12. The Morgan fingerprint density at radius 1 is 1.27 bits per heavy atom. The average molecular weight is 457 g/mol. The molecule has 2 heterocycles. The average Bonchev–Trinajstić information content (AvgIpc) is 3.21. The Labute approximate surface area is 193 Å². The van der Waals surface area contributed by atoms with Crippen molar-refractivity contribution in [3.8, 4) is 0 Å². The first-order valence-electron chi connectivity index (χ1n) is 11.3. The van der Waals surface area contributed by atoms with Gasteiger partial charge in [-0.05, 0) is 31.4 Å². The number of fused-ring (bicyclic) bond motifs is 1. The van der Waals surface area contributed by atoms with Crippen molar-refractivity contribution in [3.05, 3.63) is 36.0 Å². The van der Waals surface area contributed by atoms with E-state index in [2.05, 4.69) is 10.3 Å². The summed E-state index contributed by atoms with van der Waals surface area (Å²) in [6, 6.07) is 6.95. The number of H-pyrrole nitrogens is 1. The number of piperidine rings is 1. The molecule has 1 fully saturated rings. The number of benzene rings is 1. The van der Waals surface area contributed by atoms with Crippen molar-refractivity contribution >= 4 is 34.6 Å². The van der Waals surface area contributed by atoms with Gasteiger partial charge in [0.05, 0.1) is 19.1 Å². The number of carbonyl (C=O) groups excluding carboxylic acids is 4. The number of ether oxygens (including phenoxy) is 1. The second-order valence-electron chi connectivity index (χ2n) is 8.44. The number of likely N-dealkylation sites (N-methyl/N-ethyl adjacent to an activating group) is 1. The molecule has 2 atom stereocenters. The molecule has 0 aliphatic carbocycles. The lowest BCUT2D eigenvalue weighted by Crippen LogP contribution is -2.52. The Bertz CT molecular complexity index is 1020. The van der Waals surface area contributed by atoms with Crippen LogP contribution >= 0.6 is 0 Å². The molecule has 0 bridgehead atoms. The van der Waals surface area contributed by atoms with E-state index in [1.807, 2.05) is 30.5 Å². The van der Waals surface area contributed by atoms with Crippen LogP contribution in [0.3, 0.4) is 0 Å². The molecule has 1 aromatic carbocycles. The highest BCUT2D eigenvalue weighted by Crippen LogP contribution is 2.20. The molecule has 2 unspecified atom stereocenters. The first kappa shape index (κ1) is 24.3. The summed E-state index contributed by atoms with van der Waals surface area (Å²) in [5.74, 6) is -1.51. The number of likely N-dealkylation sites (tertiary alicyclic amines) is 1. The van der Waals surface area contributed by atoms with Crippen molar-refractivity contribution in [2.75, 3.05) is 33.3 Å². The van der Waals surface area contributed by atoms with Gasteiger partial charge in [0.15, 0.2) is 0 Å². The van der Waals surface area contributed by atoms with E-state index in [4.69, 9.17) is 4.74 Å². The van der Waals surface area contributed by atoms with E-state index in [-0.39, 0.29) is 36.2 Å². The van der Waals surface area contributed by atoms with Crippen molar-refractivity contribution < 1.29 is 23.9 Å². The predicted molar refractivity (Wildman–Crippen MR) is 123 cm³/mol. The molecule has 1 aliphatic rings. The molecule has 1 saturated heterocycles. The minimum Gasteiger partial charge on any atom is -0.466 e. The molecule has 1 aliphatic heterocycles. The summed E-state index contributed by atoms with van der Waals surface area (Å²) in [5, 5.41) is 3.71. The van der Waals surface area contributed by atoms with Gasteiger partial charge in [0.1, 0.15) is 6.04 Å². The normalized spacial score (nSPS) is 16.8. The second kappa shape index (κ2) is 11.0. The van der Waals surface area contributed by atoms with Crippen LogP contribution in [0.25, 0.3) is 10.9 Å². The van der Waals surface area contributed by atoms with E-state index in [0.29, 0.717) is 39.0 Å². The van der Waals surface area contributed by atoms with E-state index in [0.717, 1.165) is 16.5 Å². The number of aromatic amines is 1. The maximum absolute atomic E-state index is 13.2. The number of aromatic nitrogens is 1. The van der Waals surface area contributed by atoms with E-state index in [1.165, 1.54) is 11.8 Å². The zero-order valence-electron chi connectivity index (χ0n) is 19.4. The Morgan fingerprint density at radius 3 is 2.76 bits per heavy atom. The summed E-state index contributed by atoms with van der Waals surface area (Å²) >= 11 is 0. The minimum atomic E-state index is -0.798. The molecular weight excluding hydrogens is 424 g/mol. The smallest absolute Gasteiger partial charge is 0.310 e. The number of esters is 1. The minimum absolute atomic E-state index is 0.127. The fourth-order valence-electron chi connectivity index (χ4n) is 4.27.